The number of aromatic nitrogens is 3. The van der Waals surface area contributed by atoms with E-state index in [0.717, 1.165) is 22.4 Å². The smallest absolute Gasteiger partial charge is 0.340 e. The molecule has 3 heterocycles. The van der Waals surface area contributed by atoms with Crippen molar-refractivity contribution in [3.05, 3.63) is 65.1 Å². The van der Waals surface area contributed by atoms with E-state index in [4.69, 9.17) is 4.74 Å². The summed E-state index contributed by atoms with van der Waals surface area (Å²) in [5.74, 6) is -5.14. The second kappa shape index (κ2) is 8.25. The maximum atomic E-state index is 13.2. The van der Waals surface area contributed by atoms with Crippen LogP contribution in [-0.2, 0) is 20.1 Å². The number of amides is 1. The van der Waals surface area contributed by atoms with E-state index in [9.17, 15) is 22.4 Å². The van der Waals surface area contributed by atoms with Crippen molar-refractivity contribution in [2.75, 3.05) is 6.61 Å². The second-order valence-corrected chi connectivity index (χ2v) is 7.66. The van der Waals surface area contributed by atoms with E-state index in [1.165, 1.54) is 11.1 Å². The quantitative estimate of drug-likeness (QED) is 0.508. The largest absolute Gasteiger partial charge is 0.470 e. The Morgan fingerprint density at radius 2 is 1.91 bits per heavy atom. The number of aryl methyl sites for hydroxylation is 2. The lowest BCUT2D eigenvalue weighted by Crippen LogP contribution is -2.34. The summed E-state index contributed by atoms with van der Waals surface area (Å²) in [7, 11) is 1.85. The minimum atomic E-state index is -4.33. The van der Waals surface area contributed by atoms with Crippen molar-refractivity contribution in [3.63, 3.8) is 0 Å². The molecule has 0 bridgehead atoms. The van der Waals surface area contributed by atoms with Gasteiger partial charge in [-0.2, -0.15) is 13.9 Å². The molecule has 0 N–H and O–H groups in total. The van der Waals surface area contributed by atoms with Gasteiger partial charge in [-0.05, 0) is 29.7 Å². The Morgan fingerprint density at radius 3 is 2.53 bits per heavy atom. The molecule has 4 rings (SSSR count). The van der Waals surface area contributed by atoms with E-state index in [0.29, 0.717) is 5.56 Å². The zero-order valence-corrected chi connectivity index (χ0v) is 17.4. The number of pyridine rings is 1. The van der Waals surface area contributed by atoms with Crippen molar-refractivity contribution in [2.24, 2.45) is 7.05 Å². The fraction of sp³-hybridized carbons (Fsp3) is 0.318. The molecule has 0 radical (unpaired) electrons. The first kappa shape index (κ1) is 21.8. The Labute approximate surface area is 181 Å². The van der Waals surface area contributed by atoms with Crippen molar-refractivity contribution in [3.8, 4) is 17.0 Å². The second-order valence-electron chi connectivity index (χ2n) is 7.66. The fourth-order valence-corrected chi connectivity index (χ4v) is 3.63. The first-order chi connectivity index (χ1) is 15.2. The van der Waals surface area contributed by atoms with Crippen LogP contribution in [0.1, 0.15) is 27.2 Å². The standard InChI is InChI=1S/C22H20F4N4O2/c1-13-17(11-29(2)28-13)15-5-3-14(4-6-15)9-30-10-16-7-8-27-19(18(16)20(30)31)32-12-22(25,26)21(23)24/h3-8,11,21H,9-10,12H2,1-2H3. The molecule has 0 fully saturated rings. The number of nitrogens with zero attached hydrogens (tertiary/aromatic N) is 4. The summed E-state index contributed by atoms with van der Waals surface area (Å²) in [5.41, 5.74) is 4.36. The van der Waals surface area contributed by atoms with Crippen molar-refractivity contribution >= 4 is 5.91 Å². The van der Waals surface area contributed by atoms with E-state index < -0.39 is 24.9 Å². The predicted molar refractivity (Wildman–Crippen MR) is 108 cm³/mol. The van der Waals surface area contributed by atoms with Crippen LogP contribution in [0.25, 0.3) is 11.1 Å². The third kappa shape index (κ3) is 4.17. The molecule has 1 amide bonds. The summed E-state index contributed by atoms with van der Waals surface area (Å²) >= 11 is 0. The molecule has 0 saturated carbocycles. The van der Waals surface area contributed by atoms with Crippen LogP contribution in [0.4, 0.5) is 17.6 Å². The number of hydrogen-bond donors (Lipinski definition) is 0. The number of fused-ring (bicyclic) bond motifs is 1. The number of carbonyl (C=O) groups is 1. The highest BCUT2D eigenvalue weighted by Crippen LogP contribution is 2.32. The summed E-state index contributed by atoms with van der Waals surface area (Å²) in [6.45, 7) is 0.888. The number of carbonyl (C=O) groups excluding carboxylic acids is 1. The maximum absolute atomic E-state index is 13.2. The summed E-state index contributed by atoms with van der Waals surface area (Å²) in [5, 5.41) is 4.33. The van der Waals surface area contributed by atoms with Crippen LogP contribution in [0.2, 0.25) is 0 Å². The van der Waals surface area contributed by atoms with Gasteiger partial charge in [-0.1, -0.05) is 24.3 Å². The number of alkyl halides is 4. The highest BCUT2D eigenvalue weighted by molar-refractivity contribution is 6.00. The van der Waals surface area contributed by atoms with Crippen molar-refractivity contribution in [2.45, 2.75) is 32.4 Å². The van der Waals surface area contributed by atoms with Crippen molar-refractivity contribution in [1.29, 1.82) is 0 Å². The Kier molecular flexibility index (Phi) is 5.62. The molecule has 32 heavy (non-hydrogen) atoms. The minimum Gasteiger partial charge on any atom is -0.470 e. The van der Waals surface area contributed by atoms with E-state index in [1.54, 1.807) is 10.7 Å². The van der Waals surface area contributed by atoms with Crippen molar-refractivity contribution < 1.29 is 27.1 Å². The van der Waals surface area contributed by atoms with E-state index >= 15 is 0 Å². The summed E-state index contributed by atoms with van der Waals surface area (Å²) in [6, 6.07) is 9.26. The van der Waals surface area contributed by atoms with Gasteiger partial charge in [-0.25, -0.2) is 13.8 Å². The van der Waals surface area contributed by atoms with E-state index in [2.05, 4.69) is 10.1 Å². The molecular formula is C22H20F4N4O2. The molecule has 3 aromatic rings. The van der Waals surface area contributed by atoms with Crippen LogP contribution in [0, 0.1) is 6.92 Å². The highest BCUT2D eigenvalue weighted by atomic mass is 19.3. The van der Waals surface area contributed by atoms with Gasteiger partial charge in [0.15, 0.2) is 6.61 Å². The first-order valence-corrected chi connectivity index (χ1v) is 9.81. The summed E-state index contributed by atoms with van der Waals surface area (Å²) in [4.78, 5) is 18.2. The number of halogens is 4. The molecule has 0 atom stereocenters. The SMILES string of the molecule is Cc1nn(C)cc1-c1ccc(CN2Cc3ccnc(OCC(F)(F)C(F)F)c3C2=O)cc1. The molecule has 1 aliphatic heterocycles. The van der Waals surface area contributed by atoms with Crippen molar-refractivity contribution in [1.82, 2.24) is 19.7 Å². The molecule has 1 aliphatic rings. The Hall–Kier alpha value is -3.43. The average molecular weight is 448 g/mol. The molecule has 1 aromatic carbocycles. The molecule has 0 unspecified atom stereocenters. The number of ether oxygens (including phenoxy) is 1. The van der Waals surface area contributed by atoms with Gasteiger partial charge >= 0.3 is 12.3 Å². The molecule has 168 valence electrons. The van der Waals surface area contributed by atoms with Gasteiger partial charge in [0.1, 0.15) is 5.56 Å². The van der Waals surface area contributed by atoms with E-state index in [-0.39, 0.29) is 24.5 Å². The molecule has 0 spiro atoms. The zero-order chi connectivity index (χ0) is 23.0. The Bertz CT molecular complexity index is 1150. The van der Waals surface area contributed by atoms with Gasteiger partial charge in [0.2, 0.25) is 5.88 Å². The predicted octanol–water partition coefficient (Wildman–Crippen LogP) is 4.23. The highest BCUT2D eigenvalue weighted by Gasteiger charge is 2.42. The van der Waals surface area contributed by atoms with Gasteiger partial charge in [0, 0.05) is 38.1 Å². The molecule has 0 aliphatic carbocycles. The average Bonchev–Trinajstić information content (AvgIpc) is 3.25. The normalized spacial score (nSPS) is 13.7. The molecular weight excluding hydrogens is 428 g/mol. The van der Waals surface area contributed by atoms with Gasteiger partial charge in [0.05, 0.1) is 5.69 Å². The van der Waals surface area contributed by atoms with Crippen LogP contribution >= 0.6 is 0 Å². The topological polar surface area (TPSA) is 60.3 Å². The lowest BCUT2D eigenvalue weighted by molar-refractivity contribution is -0.148. The van der Waals surface area contributed by atoms with Crippen LogP contribution in [-0.4, -0.2) is 44.5 Å². The zero-order valence-electron chi connectivity index (χ0n) is 17.4. The van der Waals surface area contributed by atoms with Gasteiger partial charge in [-0.3, -0.25) is 9.48 Å². The lowest BCUT2D eigenvalue weighted by Gasteiger charge is -2.17. The van der Waals surface area contributed by atoms with Gasteiger partial charge < -0.3 is 9.64 Å². The Balaban J connectivity index is 1.48. The monoisotopic (exact) mass is 448 g/mol. The van der Waals surface area contributed by atoms with Crippen LogP contribution in [0.5, 0.6) is 5.88 Å². The minimum absolute atomic E-state index is 0.0279. The third-order valence-corrected chi connectivity index (χ3v) is 5.24. The molecule has 6 nitrogen and oxygen atoms in total. The summed E-state index contributed by atoms with van der Waals surface area (Å²) in [6.07, 6.45) is -0.641. The van der Waals surface area contributed by atoms with E-state index in [1.807, 2.05) is 44.4 Å². The number of hydrogen-bond acceptors (Lipinski definition) is 4. The molecule has 0 saturated heterocycles. The number of rotatable bonds is 7. The number of benzene rings is 1. The Morgan fingerprint density at radius 1 is 1.19 bits per heavy atom. The summed E-state index contributed by atoms with van der Waals surface area (Å²) < 4.78 is 57.8. The van der Waals surface area contributed by atoms with Gasteiger partial charge in [-0.15, -0.1) is 0 Å². The van der Waals surface area contributed by atoms with Crippen LogP contribution < -0.4 is 4.74 Å². The first-order valence-electron chi connectivity index (χ1n) is 9.81. The maximum Gasteiger partial charge on any atom is 0.340 e. The van der Waals surface area contributed by atoms with Crippen LogP contribution in [0.3, 0.4) is 0 Å². The lowest BCUT2D eigenvalue weighted by atomic mass is 10.0. The molecule has 2 aromatic heterocycles. The van der Waals surface area contributed by atoms with Gasteiger partial charge in [0.25, 0.3) is 5.91 Å². The third-order valence-electron chi connectivity index (χ3n) is 5.24. The van der Waals surface area contributed by atoms with Crippen LogP contribution in [0.15, 0.2) is 42.7 Å². The molecule has 10 heteroatoms. The fourth-order valence-electron chi connectivity index (χ4n) is 3.63.